The summed E-state index contributed by atoms with van der Waals surface area (Å²) in [5, 5.41) is 0. The Labute approximate surface area is 443 Å². The van der Waals surface area contributed by atoms with Gasteiger partial charge in [0.25, 0.3) is 0 Å². The first-order chi connectivity index (χ1) is 36.1. The molecule has 0 amide bonds. The predicted octanol–water partition coefficient (Wildman–Crippen LogP) is 16.4. The third-order valence-corrected chi connectivity index (χ3v) is 16.7. The highest BCUT2D eigenvalue weighted by atomic mass is 32.1. The number of benzene rings is 6. The second kappa shape index (κ2) is 21.8. The van der Waals surface area contributed by atoms with Crippen molar-refractivity contribution in [3.05, 3.63) is 214 Å². The van der Waals surface area contributed by atoms with E-state index >= 15 is 0 Å². The molecule has 0 N–H and O–H groups in total. The fourth-order valence-corrected chi connectivity index (χ4v) is 12.1. The molecule has 0 spiro atoms. The minimum Gasteiger partial charge on any atom is -0.465 e. The molecule has 0 radical (unpaired) electrons. The van der Waals surface area contributed by atoms with Crippen LogP contribution in [0.2, 0.25) is 0 Å². The first-order valence-electron chi connectivity index (χ1n) is 23.1. The number of hydrogen-bond acceptors (Lipinski definition) is 14. The molecule has 0 aliphatic rings. The van der Waals surface area contributed by atoms with Crippen LogP contribution < -0.4 is 9.80 Å². The monoisotopic (exact) mass is 1050 g/mol. The van der Waals surface area contributed by atoms with Crippen molar-refractivity contribution in [3.8, 4) is 52.9 Å². The van der Waals surface area contributed by atoms with E-state index in [2.05, 4.69) is 155 Å². The summed E-state index contributed by atoms with van der Waals surface area (Å²) >= 11 is 5.56. The molecule has 0 aliphatic carbocycles. The van der Waals surface area contributed by atoms with E-state index in [9.17, 15) is 19.2 Å². The van der Waals surface area contributed by atoms with Gasteiger partial charge in [0.05, 0.1) is 28.4 Å². The van der Waals surface area contributed by atoms with Gasteiger partial charge in [-0.25, -0.2) is 19.2 Å². The summed E-state index contributed by atoms with van der Waals surface area (Å²) in [5.41, 5.74) is 11.7. The Bertz CT molecular complexity index is 3180. The van der Waals surface area contributed by atoms with Crippen molar-refractivity contribution < 1.29 is 38.1 Å². The standard InChI is InChI=1S/C60H44N2O8S4/c1-67-57(63)53-33-29-49(71-53)39-9-21-45(22-10-39)61(46-23-11-40(12-24-46)50-30-34-54(72-50)58(64)68-2)43-17-5-37(6-18-43)38-7-19-44(20-8-38)62(47-25-13-41(14-26-47)51-31-35-55(73-51)59(65)69-3)48-27-15-42(16-28-48)52-32-36-56(74-52)60(66)70-4/h5-36H,1-4H3. The minimum atomic E-state index is -0.358. The molecule has 366 valence electrons. The molecule has 4 aromatic heterocycles. The normalized spacial score (nSPS) is 10.9. The van der Waals surface area contributed by atoms with E-state index in [1.165, 1.54) is 73.8 Å². The number of hydrogen-bond donors (Lipinski definition) is 0. The quantitative estimate of drug-likeness (QED) is 0.0727. The van der Waals surface area contributed by atoms with Crippen LogP contribution in [0.3, 0.4) is 0 Å². The number of thiophene rings is 4. The average Bonchev–Trinajstić information content (AvgIpc) is 4.33. The fraction of sp³-hybridized carbons (Fsp3) is 0.0667. The maximum atomic E-state index is 12.2. The van der Waals surface area contributed by atoms with Crippen LogP contribution >= 0.6 is 45.3 Å². The Morgan fingerprint density at radius 1 is 0.257 bits per heavy atom. The Kier molecular flexibility index (Phi) is 14.5. The van der Waals surface area contributed by atoms with Gasteiger partial charge in [0.15, 0.2) is 0 Å². The zero-order valence-electron chi connectivity index (χ0n) is 40.3. The van der Waals surface area contributed by atoms with E-state index in [4.69, 9.17) is 18.9 Å². The fourth-order valence-electron chi connectivity index (χ4n) is 8.41. The van der Waals surface area contributed by atoms with Crippen LogP contribution in [0.15, 0.2) is 194 Å². The molecule has 0 saturated heterocycles. The molecule has 0 saturated carbocycles. The van der Waals surface area contributed by atoms with E-state index in [-0.39, 0.29) is 23.9 Å². The van der Waals surface area contributed by atoms with Gasteiger partial charge in [0.2, 0.25) is 0 Å². The molecular formula is C60H44N2O8S4. The van der Waals surface area contributed by atoms with Gasteiger partial charge in [-0.1, -0.05) is 72.8 Å². The van der Waals surface area contributed by atoms with Crippen LogP contribution in [0.25, 0.3) is 52.9 Å². The Balaban J connectivity index is 0.954. The number of carbonyl (C=O) groups excluding carboxylic acids is 4. The molecule has 10 aromatic rings. The van der Waals surface area contributed by atoms with E-state index in [0.717, 1.165) is 87.0 Å². The van der Waals surface area contributed by atoms with Crippen molar-refractivity contribution >= 4 is 103 Å². The van der Waals surface area contributed by atoms with Gasteiger partial charge in [-0.2, -0.15) is 0 Å². The van der Waals surface area contributed by atoms with Crippen LogP contribution in [0.4, 0.5) is 34.1 Å². The van der Waals surface area contributed by atoms with Crippen molar-refractivity contribution in [2.45, 2.75) is 0 Å². The summed E-state index contributed by atoms with van der Waals surface area (Å²) in [6.07, 6.45) is 0. The number of carbonyl (C=O) groups is 4. The molecule has 0 fully saturated rings. The van der Waals surface area contributed by atoms with Gasteiger partial charge >= 0.3 is 23.9 Å². The van der Waals surface area contributed by atoms with Gasteiger partial charge in [-0.3, -0.25) is 0 Å². The van der Waals surface area contributed by atoms with Crippen molar-refractivity contribution in [1.82, 2.24) is 0 Å². The summed E-state index contributed by atoms with van der Waals surface area (Å²) in [4.78, 5) is 59.3. The highest BCUT2D eigenvalue weighted by Crippen LogP contribution is 2.42. The predicted molar refractivity (Wildman–Crippen MR) is 300 cm³/mol. The third kappa shape index (κ3) is 10.3. The van der Waals surface area contributed by atoms with Gasteiger partial charge in [0.1, 0.15) is 19.5 Å². The number of anilines is 6. The van der Waals surface area contributed by atoms with Crippen LogP contribution in [-0.4, -0.2) is 52.3 Å². The van der Waals surface area contributed by atoms with Gasteiger partial charge in [-0.15, -0.1) is 45.3 Å². The highest BCUT2D eigenvalue weighted by molar-refractivity contribution is 7.18. The molecule has 0 bridgehead atoms. The summed E-state index contributed by atoms with van der Waals surface area (Å²) in [5.74, 6) is -1.43. The van der Waals surface area contributed by atoms with Crippen molar-refractivity contribution in [3.63, 3.8) is 0 Å². The zero-order chi connectivity index (χ0) is 51.3. The van der Waals surface area contributed by atoms with E-state index in [1.807, 2.05) is 24.3 Å². The first kappa shape index (κ1) is 49.2. The second-order valence-corrected chi connectivity index (χ2v) is 20.9. The topological polar surface area (TPSA) is 112 Å². The van der Waals surface area contributed by atoms with Crippen LogP contribution in [0.5, 0.6) is 0 Å². The largest absolute Gasteiger partial charge is 0.465 e. The van der Waals surface area contributed by atoms with Gasteiger partial charge in [0, 0.05) is 53.6 Å². The lowest BCUT2D eigenvalue weighted by atomic mass is 10.0. The molecule has 0 unspecified atom stereocenters. The second-order valence-electron chi connectivity index (χ2n) is 16.6. The lowest BCUT2D eigenvalue weighted by molar-refractivity contribution is 0.0597. The molecule has 10 nitrogen and oxygen atoms in total. The molecule has 0 aliphatic heterocycles. The molecule has 10 rings (SSSR count). The molecule has 4 heterocycles. The number of nitrogens with zero attached hydrogens (tertiary/aromatic N) is 2. The maximum Gasteiger partial charge on any atom is 0.348 e. The Morgan fingerprint density at radius 3 is 0.608 bits per heavy atom. The van der Waals surface area contributed by atoms with Gasteiger partial charge in [-0.05, 0) is 155 Å². The molecular weight excluding hydrogens is 1000 g/mol. The van der Waals surface area contributed by atoms with Crippen molar-refractivity contribution in [2.24, 2.45) is 0 Å². The van der Waals surface area contributed by atoms with E-state index in [1.54, 1.807) is 24.3 Å². The zero-order valence-corrected chi connectivity index (χ0v) is 43.5. The maximum absolute atomic E-state index is 12.2. The highest BCUT2D eigenvalue weighted by Gasteiger charge is 2.19. The third-order valence-electron chi connectivity index (χ3n) is 12.2. The van der Waals surface area contributed by atoms with Crippen LogP contribution in [-0.2, 0) is 18.9 Å². The number of esters is 4. The molecule has 6 aromatic carbocycles. The van der Waals surface area contributed by atoms with Crippen LogP contribution in [0.1, 0.15) is 38.7 Å². The smallest absolute Gasteiger partial charge is 0.348 e. The number of ether oxygens (including phenoxy) is 4. The molecule has 74 heavy (non-hydrogen) atoms. The summed E-state index contributed by atoms with van der Waals surface area (Å²) in [7, 11) is 5.54. The Hall–Kier alpha value is -8.40. The summed E-state index contributed by atoms with van der Waals surface area (Å²) in [6.45, 7) is 0. The SMILES string of the molecule is COC(=O)c1ccc(-c2ccc(N(c3ccc(-c4ccc(N(c5ccc(-c6ccc(C(=O)OC)s6)cc5)c5ccc(-c6ccc(C(=O)OC)s6)cc5)cc4)cc3)c3ccc(-c4ccc(C(=O)OC)s4)cc3)cc2)s1. The number of rotatable bonds is 15. The van der Waals surface area contributed by atoms with E-state index < -0.39 is 0 Å². The summed E-state index contributed by atoms with van der Waals surface area (Å²) in [6, 6.07) is 65.0. The molecule has 0 atom stereocenters. The lowest BCUT2D eigenvalue weighted by Gasteiger charge is -2.26. The number of methoxy groups -OCH3 is 4. The molecule has 14 heteroatoms. The Morgan fingerprint density at radius 2 is 0.432 bits per heavy atom. The average molecular weight is 1050 g/mol. The minimum absolute atomic E-state index is 0.358. The van der Waals surface area contributed by atoms with Gasteiger partial charge < -0.3 is 28.7 Å². The van der Waals surface area contributed by atoms with Crippen LogP contribution in [0, 0.1) is 0 Å². The summed E-state index contributed by atoms with van der Waals surface area (Å²) < 4.78 is 19.8. The van der Waals surface area contributed by atoms with E-state index in [0.29, 0.717) is 19.5 Å². The van der Waals surface area contributed by atoms with Crippen molar-refractivity contribution in [2.75, 3.05) is 38.2 Å². The lowest BCUT2D eigenvalue weighted by Crippen LogP contribution is -2.10. The first-order valence-corrected chi connectivity index (χ1v) is 26.3. The van der Waals surface area contributed by atoms with Crippen molar-refractivity contribution in [1.29, 1.82) is 0 Å².